The van der Waals surface area contributed by atoms with E-state index in [4.69, 9.17) is 4.74 Å². The maximum atomic E-state index is 10.2. The summed E-state index contributed by atoms with van der Waals surface area (Å²) in [4.78, 5) is 8.11. The van der Waals surface area contributed by atoms with Crippen molar-refractivity contribution < 1.29 is 9.84 Å². The first-order valence-corrected chi connectivity index (χ1v) is 5.55. The van der Waals surface area contributed by atoms with Crippen LogP contribution in [0.25, 0.3) is 0 Å². The summed E-state index contributed by atoms with van der Waals surface area (Å²) in [6, 6.07) is 7.44. The molecule has 0 saturated carbocycles. The third kappa shape index (κ3) is 1.87. The number of aliphatic hydroxyl groups is 1. The fourth-order valence-corrected chi connectivity index (χ4v) is 1.98. The van der Waals surface area contributed by atoms with Gasteiger partial charge in [0.1, 0.15) is 11.9 Å². The van der Waals surface area contributed by atoms with Crippen LogP contribution in [0, 0.1) is 0 Å². The van der Waals surface area contributed by atoms with Gasteiger partial charge in [-0.05, 0) is 29.3 Å². The second-order valence-electron chi connectivity index (χ2n) is 3.98. The molecule has 17 heavy (non-hydrogen) atoms. The molecule has 1 N–H and O–H groups in total. The van der Waals surface area contributed by atoms with Gasteiger partial charge in [0.15, 0.2) is 5.82 Å². The molecular weight excluding hydrogens is 216 g/mol. The third-order valence-corrected chi connectivity index (χ3v) is 2.86. The van der Waals surface area contributed by atoms with Crippen LogP contribution >= 0.6 is 0 Å². The second-order valence-corrected chi connectivity index (χ2v) is 3.98. The molecule has 1 aliphatic rings. The van der Waals surface area contributed by atoms with Crippen molar-refractivity contribution in [2.75, 3.05) is 6.61 Å². The molecule has 1 aromatic carbocycles. The number of aromatic nitrogens is 2. The highest BCUT2D eigenvalue weighted by Crippen LogP contribution is 2.29. The number of nitrogens with zero attached hydrogens (tertiary/aromatic N) is 2. The van der Waals surface area contributed by atoms with Crippen LogP contribution in [0.15, 0.2) is 36.7 Å². The van der Waals surface area contributed by atoms with Crippen molar-refractivity contribution >= 4 is 0 Å². The monoisotopic (exact) mass is 228 g/mol. The van der Waals surface area contributed by atoms with E-state index in [1.165, 1.54) is 0 Å². The van der Waals surface area contributed by atoms with Gasteiger partial charge in [0, 0.05) is 18.8 Å². The molecule has 1 aromatic heterocycles. The van der Waals surface area contributed by atoms with Crippen LogP contribution in [0.5, 0.6) is 5.75 Å². The summed E-state index contributed by atoms with van der Waals surface area (Å²) >= 11 is 0. The van der Waals surface area contributed by atoms with Gasteiger partial charge in [0.25, 0.3) is 0 Å². The van der Waals surface area contributed by atoms with E-state index in [0.717, 1.165) is 29.9 Å². The molecule has 1 aliphatic heterocycles. The quantitative estimate of drug-likeness (QED) is 0.846. The first kappa shape index (κ1) is 10.2. The molecule has 86 valence electrons. The van der Waals surface area contributed by atoms with Gasteiger partial charge in [-0.15, -0.1) is 0 Å². The van der Waals surface area contributed by atoms with Crippen molar-refractivity contribution in [1.82, 2.24) is 9.97 Å². The lowest BCUT2D eigenvalue weighted by atomic mass is 10.0. The van der Waals surface area contributed by atoms with Crippen molar-refractivity contribution in [1.29, 1.82) is 0 Å². The first-order valence-electron chi connectivity index (χ1n) is 5.55. The topological polar surface area (TPSA) is 55.2 Å². The van der Waals surface area contributed by atoms with E-state index in [-0.39, 0.29) is 0 Å². The van der Waals surface area contributed by atoms with E-state index in [2.05, 4.69) is 9.97 Å². The Balaban J connectivity index is 1.94. The van der Waals surface area contributed by atoms with Crippen LogP contribution in [0.2, 0.25) is 0 Å². The summed E-state index contributed by atoms with van der Waals surface area (Å²) in [5, 5.41) is 10.2. The minimum absolute atomic E-state index is 0.423. The van der Waals surface area contributed by atoms with Gasteiger partial charge in [-0.1, -0.05) is 6.07 Å². The molecule has 0 bridgehead atoms. The van der Waals surface area contributed by atoms with Crippen LogP contribution in [0.1, 0.15) is 23.1 Å². The molecular formula is C13H12N2O2. The molecule has 3 rings (SSSR count). The predicted octanol–water partition coefficient (Wildman–Crippen LogP) is 1.49. The zero-order valence-electron chi connectivity index (χ0n) is 9.21. The van der Waals surface area contributed by atoms with Gasteiger partial charge in [0.05, 0.1) is 6.61 Å². The van der Waals surface area contributed by atoms with Crippen LogP contribution < -0.4 is 4.74 Å². The fraction of sp³-hybridized carbons (Fsp3) is 0.231. The minimum atomic E-state index is -0.776. The smallest absolute Gasteiger partial charge is 0.161 e. The lowest BCUT2D eigenvalue weighted by molar-refractivity contribution is 0.209. The summed E-state index contributed by atoms with van der Waals surface area (Å²) in [7, 11) is 0. The molecule has 0 fully saturated rings. The highest BCUT2D eigenvalue weighted by molar-refractivity contribution is 5.41. The number of fused-ring (bicyclic) bond motifs is 1. The maximum Gasteiger partial charge on any atom is 0.161 e. The summed E-state index contributed by atoms with van der Waals surface area (Å²) in [5.74, 6) is 1.33. The number of rotatable bonds is 2. The second kappa shape index (κ2) is 4.14. The first-order chi connectivity index (χ1) is 8.34. The minimum Gasteiger partial charge on any atom is -0.493 e. The van der Waals surface area contributed by atoms with Gasteiger partial charge in [-0.25, -0.2) is 9.97 Å². The Labute approximate surface area is 98.9 Å². The van der Waals surface area contributed by atoms with Crippen molar-refractivity contribution in [2.24, 2.45) is 0 Å². The molecule has 0 saturated heterocycles. The van der Waals surface area contributed by atoms with E-state index >= 15 is 0 Å². The Bertz CT molecular complexity index is 528. The molecule has 0 radical (unpaired) electrons. The van der Waals surface area contributed by atoms with E-state index in [1.807, 2.05) is 18.2 Å². The Morgan fingerprint density at radius 1 is 1.24 bits per heavy atom. The highest BCUT2D eigenvalue weighted by Gasteiger charge is 2.17. The molecule has 0 spiro atoms. The van der Waals surface area contributed by atoms with Gasteiger partial charge >= 0.3 is 0 Å². The zero-order chi connectivity index (χ0) is 11.7. The summed E-state index contributed by atoms with van der Waals surface area (Å²) in [6.07, 6.45) is 3.37. The normalized spacial score (nSPS) is 15.1. The Morgan fingerprint density at radius 2 is 2.06 bits per heavy atom. The average molecular weight is 228 g/mol. The average Bonchev–Trinajstić information content (AvgIpc) is 2.86. The molecule has 1 atom stereocenters. The number of benzene rings is 1. The standard InChI is InChI=1S/C13H12N2O2/c16-12(13-14-5-1-6-15-13)10-2-3-11-9(8-10)4-7-17-11/h1-3,5-6,8,12,16H,4,7H2. The predicted molar refractivity (Wildman–Crippen MR) is 61.7 cm³/mol. The maximum absolute atomic E-state index is 10.2. The molecule has 4 nitrogen and oxygen atoms in total. The van der Waals surface area contributed by atoms with Crippen molar-refractivity contribution in [2.45, 2.75) is 12.5 Å². The van der Waals surface area contributed by atoms with E-state index < -0.39 is 6.10 Å². The Hall–Kier alpha value is -1.94. The number of hydrogen-bond acceptors (Lipinski definition) is 4. The lowest BCUT2D eigenvalue weighted by Crippen LogP contribution is -2.04. The largest absolute Gasteiger partial charge is 0.493 e. The van der Waals surface area contributed by atoms with E-state index in [0.29, 0.717) is 5.82 Å². The Kier molecular flexibility index (Phi) is 2.49. The van der Waals surface area contributed by atoms with Crippen molar-refractivity contribution in [3.8, 4) is 5.75 Å². The van der Waals surface area contributed by atoms with Crippen LogP contribution in [0.4, 0.5) is 0 Å². The lowest BCUT2D eigenvalue weighted by Gasteiger charge is -2.10. The fourth-order valence-electron chi connectivity index (χ4n) is 1.98. The number of ether oxygens (including phenoxy) is 1. The molecule has 0 aliphatic carbocycles. The molecule has 1 unspecified atom stereocenters. The zero-order valence-corrected chi connectivity index (χ0v) is 9.21. The number of hydrogen-bond donors (Lipinski definition) is 1. The van der Waals surface area contributed by atoms with E-state index in [9.17, 15) is 5.11 Å². The van der Waals surface area contributed by atoms with Gasteiger partial charge < -0.3 is 9.84 Å². The Morgan fingerprint density at radius 3 is 2.88 bits per heavy atom. The van der Waals surface area contributed by atoms with Gasteiger partial charge in [-0.2, -0.15) is 0 Å². The van der Waals surface area contributed by atoms with Crippen molar-refractivity contribution in [3.05, 3.63) is 53.6 Å². The van der Waals surface area contributed by atoms with Gasteiger partial charge in [0.2, 0.25) is 0 Å². The highest BCUT2D eigenvalue weighted by atomic mass is 16.5. The van der Waals surface area contributed by atoms with Gasteiger partial charge in [-0.3, -0.25) is 0 Å². The molecule has 2 aromatic rings. The summed E-state index contributed by atoms with van der Waals surface area (Å²) < 4.78 is 5.43. The van der Waals surface area contributed by atoms with Crippen LogP contribution in [-0.4, -0.2) is 21.7 Å². The third-order valence-electron chi connectivity index (χ3n) is 2.86. The molecule has 0 amide bonds. The van der Waals surface area contributed by atoms with Crippen LogP contribution in [-0.2, 0) is 6.42 Å². The summed E-state index contributed by atoms with van der Waals surface area (Å²) in [5.41, 5.74) is 1.94. The van der Waals surface area contributed by atoms with Crippen molar-refractivity contribution in [3.63, 3.8) is 0 Å². The molecule has 4 heteroatoms. The van der Waals surface area contributed by atoms with Crippen LogP contribution in [0.3, 0.4) is 0 Å². The van der Waals surface area contributed by atoms with E-state index in [1.54, 1.807) is 18.5 Å². The number of aliphatic hydroxyl groups excluding tert-OH is 1. The molecule has 2 heterocycles. The SMILES string of the molecule is OC(c1ccc2c(c1)CCO2)c1ncccn1. The summed E-state index contributed by atoms with van der Waals surface area (Å²) in [6.45, 7) is 0.719.